The largest absolute Gasteiger partial charge is 0.466 e. The molecule has 0 rings (SSSR count). The van der Waals surface area contributed by atoms with E-state index < -0.39 is 24.0 Å². The van der Waals surface area contributed by atoms with Gasteiger partial charge < -0.3 is 14.2 Å². The van der Waals surface area contributed by atoms with Crippen molar-refractivity contribution in [1.82, 2.24) is 0 Å². The van der Waals surface area contributed by atoms with Crippen LogP contribution in [-0.2, 0) is 28.6 Å². The summed E-state index contributed by atoms with van der Waals surface area (Å²) in [6, 6.07) is 0. The molecule has 0 saturated carbocycles. The van der Waals surface area contributed by atoms with Gasteiger partial charge in [-0.15, -0.1) is 0 Å². The van der Waals surface area contributed by atoms with Gasteiger partial charge in [0.25, 0.3) is 0 Å². The second-order valence-corrected chi connectivity index (χ2v) is 3.70. The number of carbonyl (C=O) groups is 3. The number of hydrogen-bond donors (Lipinski definition) is 0. The molecular formula is C12H18O6. The summed E-state index contributed by atoms with van der Waals surface area (Å²) in [7, 11) is 0. The highest BCUT2D eigenvalue weighted by atomic mass is 16.6. The summed E-state index contributed by atoms with van der Waals surface area (Å²) in [5.41, 5.74) is 0. The Balaban J connectivity index is 4.21. The van der Waals surface area contributed by atoms with Crippen molar-refractivity contribution in [3.63, 3.8) is 0 Å². The van der Waals surface area contributed by atoms with Crippen molar-refractivity contribution in [2.45, 2.75) is 39.7 Å². The molecule has 0 amide bonds. The molecule has 1 atom stereocenters. The number of ether oxygens (including phenoxy) is 3. The van der Waals surface area contributed by atoms with Crippen LogP contribution in [0.25, 0.3) is 0 Å². The van der Waals surface area contributed by atoms with E-state index in [1.165, 1.54) is 20.8 Å². The summed E-state index contributed by atoms with van der Waals surface area (Å²) >= 11 is 0. The summed E-state index contributed by atoms with van der Waals surface area (Å²) in [4.78, 5) is 32.2. The maximum Gasteiger partial charge on any atom is 0.307 e. The Bertz CT molecular complexity index is 333. The third kappa shape index (κ3) is 9.38. The Labute approximate surface area is 106 Å². The lowest BCUT2D eigenvalue weighted by molar-refractivity contribution is -0.148. The van der Waals surface area contributed by atoms with Crippen LogP contribution in [0.15, 0.2) is 12.3 Å². The molecule has 0 radical (unpaired) electrons. The monoisotopic (exact) mass is 258 g/mol. The second kappa shape index (κ2) is 8.27. The van der Waals surface area contributed by atoms with Crippen molar-refractivity contribution in [3.05, 3.63) is 12.3 Å². The molecule has 0 aromatic rings. The second-order valence-electron chi connectivity index (χ2n) is 3.70. The predicted octanol–water partition coefficient (Wildman–Crippen LogP) is 1.34. The van der Waals surface area contributed by atoms with Gasteiger partial charge in [-0.25, -0.2) is 0 Å². The van der Waals surface area contributed by atoms with E-state index in [2.05, 4.69) is 6.58 Å². The van der Waals surface area contributed by atoms with Crippen LogP contribution >= 0.6 is 0 Å². The van der Waals surface area contributed by atoms with Gasteiger partial charge >= 0.3 is 17.9 Å². The van der Waals surface area contributed by atoms with E-state index in [-0.39, 0.29) is 18.8 Å². The Morgan fingerprint density at radius 1 is 1.06 bits per heavy atom. The van der Waals surface area contributed by atoms with Crippen molar-refractivity contribution in [2.75, 3.05) is 6.61 Å². The van der Waals surface area contributed by atoms with E-state index >= 15 is 0 Å². The zero-order valence-corrected chi connectivity index (χ0v) is 10.9. The Kier molecular flexibility index (Phi) is 7.42. The molecule has 0 aliphatic rings. The van der Waals surface area contributed by atoms with Crippen LogP contribution in [0.3, 0.4) is 0 Å². The molecule has 0 fully saturated rings. The Morgan fingerprint density at radius 2 is 1.67 bits per heavy atom. The van der Waals surface area contributed by atoms with Crippen LogP contribution in [0.2, 0.25) is 0 Å². The van der Waals surface area contributed by atoms with Crippen molar-refractivity contribution >= 4 is 17.9 Å². The highest BCUT2D eigenvalue weighted by Crippen LogP contribution is 2.12. The molecule has 6 heteroatoms. The van der Waals surface area contributed by atoms with Crippen LogP contribution in [0.4, 0.5) is 0 Å². The fraction of sp³-hybridized carbons (Fsp3) is 0.583. The van der Waals surface area contributed by atoms with Crippen molar-refractivity contribution in [3.8, 4) is 0 Å². The van der Waals surface area contributed by atoms with Crippen LogP contribution in [0, 0.1) is 0 Å². The van der Waals surface area contributed by atoms with Crippen molar-refractivity contribution in [1.29, 1.82) is 0 Å². The van der Waals surface area contributed by atoms with Crippen LogP contribution in [0.5, 0.6) is 0 Å². The Hall–Kier alpha value is -1.85. The molecule has 6 nitrogen and oxygen atoms in total. The zero-order chi connectivity index (χ0) is 14.1. The van der Waals surface area contributed by atoms with E-state index in [4.69, 9.17) is 14.2 Å². The third-order valence-electron chi connectivity index (χ3n) is 1.82. The third-order valence-corrected chi connectivity index (χ3v) is 1.82. The first-order valence-electron chi connectivity index (χ1n) is 5.48. The van der Waals surface area contributed by atoms with E-state index in [0.717, 1.165) is 0 Å². The molecule has 0 spiro atoms. The number of carbonyl (C=O) groups excluding carboxylic acids is 3. The smallest absolute Gasteiger partial charge is 0.307 e. The van der Waals surface area contributed by atoms with Gasteiger partial charge in [-0.2, -0.15) is 0 Å². The van der Waals surface area contributed by atoms with Gasteiger partial charge in [0.05, 0.1) is 6.61 Å². The lowest BCUT2D eigenvalue weighted by atomic mass is 10.1. The minimum absolute atomic E-state index is 0.126. The standard InChI is InChI=1S/C12H18O6/c1-8(17-10(3)14)7-12(18-11(4)15)5-6-16-9(2)13/h12H,1,5-7H2,2-4H3. The summed E-state index contributed by atoms with van der Waals surface area (Å²) in [5.74, 6) is -1.15. The molecule has 0 bridgehead atoms. The molecule has 1 unspecified atom stereocenters. The minimum Gasteiger partial charge on any atom is -0.466 e. The molecule has 0 aromatic heterocycles. The number of hydrogen-bond acceptors (Lipinski definition) is 6. The average Bonchev–Trinajstić information content (AvgIpc) is 2.13. The van der Waals surface area contributed by atoms with Gasteiger partial charge in [0.2, 0.25) is 0 Å². The van der Waals surface area contributed by atoms with Gasteiger partial charge in [0, 0.05) is 33.6 Å². The highest BCUT2D eigenvalue weighted by molar-refractivity contribution is 5.67. The SMILES string of the molecule is C=C(CC(CCOC(C)=O)OC(C)=O)OC(C)=O. The van der Waals surface area contributed by atoms with Crippen LogP contribution < -0.4 is 0 Å². The molecule has 102 valence electrons. The maximum atomic E-state index is 10.9. The summed E-state index contributed by atoms with van der Waals surface area (Å²) in [5, 5.41) is 0. The molecule has 0 saturated heterocycles. The lowest BCUT2D eigenvalue weighted by Gasteiger charge is -2.17. The normalized spacial score (nSPS) is 11.3. The average molecular weight is 258 g/mol. The Morgan fingerprint density at radius 3 is 2.11 bits per heavy atom. The first-order valence-corrected chi connectivity index (χ1v) is 5.48. The minimum atomic E-state index is -0.534. The fourth-order valence-electron chi connectivity index (χ4n) is 1.27. The zero-order valence-electron chi connectivity index (χ0n) is 10.9. The molecule has 0 aliphatic heterocycles. The lowest BCUT2D eigenvalue weighted by Crippen LogP contribution is -2.20. The first kappa shape index (κ1) is 16.1. The van der Waals surface area contributed by atoms with E-state index in [0.29, 0.717) is 6.42 Å². The van der Waals surface area contributed by atoms with Crippen LogP contribution in [0.1, 0.15) is 33.6 Å². The van der Waals surface area contributed by atoms with Gasteiger partial charge in [-0.05, 0) is 0 Å². The van der Waals surface area contributed by atoms with E-state index in [1.807, 2.05) is 0 Å². The summed E-state index contributed by atoms with van der Waals surface area (Å²) < 4.78 is 14.5. The summed E-state index contributed by atoms with van der Waals surface area (Å²) in [6.07, 6.45) is -0.0337. The van der Waals surface area contributed by atoms with Crippen molar-refractivity contribution < 1.29 is 28.6 Å². The van der Waals surface area contributed by atoms with E-state index in [1.54, 1.807) is 0 Å². The predicted molar refractivity (Wildman–Crippen MR) is 62.3 cm³/mol. The van der Waals surface area contributed by atoms with E-state index in [9.17, 15) is 14.4 Å². The van der Waals surface area contributed by atoms with Gasteiger partial charge in [-0.1, -0.05) is 6.58 Å². The molecule has 0 N–H and O–H groups in total. The molecule has 18 heavy (non-hydrogen) atoms. The van der Waals surface area contributed by atoms with Crippen LogP contribution in [-0.4, -0.2) is 30.6 Å². The number of rotatable bonds is 7. The molecule has 0 aliphatic carbocycles. The fourth-order valence-corrected chi connectivity index (χ4v) is 1.27. The summed E-state index contributed by atoms with van der Waals surface area (Å²) in [6.45, 7) is 7.49. The first-order chi connectivity index (χ1) is 8.31. The molecule has 0 aromatic carbocycles. The maximum absolute atomic E-state index is 10.9. The van der Waals surface area contributed by atoms with Gasteiger partial charge in [0.1, 0.15) is 11.9 Å². The van der Waals surface area contributed by atoms with Crippen molar-refractivity contribution in [2.24, 2.45) is 0 Å². The topological polar surface area (TPSA) is 78.9 Å². The number of esters is 3. The van der Waals surface area contributed by atoms with Gasteiger partial charge in [0.15, 0.2) is 0 Å². The van der Waals surface area contributed by atoms with Gasteiger partial charge in [-0.3, -0.25) is 14.4 Å². The quantitative estimate of drug-likeness (QED) is 0.389. The molecular weight excluding hydrogens is 240 g/mol. The molecule has 0 heterocycles. The highest BCUT2D eigenvalue weighted by Gasteiger charge is 2.16.